The van der Waals surface area contributed by atoms with Crippen molar-refractivity contribution in [3.8, 4) is 0 Å². The SMILES string of the molecule is C=CC(=O)OC(CCC)c1ccccc1. The lowest BCUT2D eigenvalue weighted by molar-refractivity contribution is -0.143. The zero-order valence-corrected chi connectivity index (χ0v) is 8.98. The summed E-state index contributed by atoms with van der Waals surface area (Å²) in [6.45, 7) is 5.46. The van der Waals surface area contributed by atoms with Crippen molar-refractivity contribution in [3.63, 3.8) is 0 Å². The zero-order chi connectivity index (χ0) is 11.1. The normalized spacial score (nSPS) is 11.8. The number of ether oxygens (including phenoxy) is 1. The molecule has 0 aromatic heterocycles. The van der Waals surface area contributed by atoms with Gasteiger partial charge in [-0.15, -0.1) is 0 Å². The van der Waals surface area contributed by atoms with Crippen LogP contribution in [0, 0.1) is 0 Å². The molecule has 0 spiro atoms. The molecule has 1 aromatic carbocycles. The Morgan fingerprint density at radius 3 is 2.67 bits per heavy atom. The third-order valence-corrected chi connectivity index (χ3v) is 2.15. The van der Waals surface area contributed by atoms with Gasteiger partial charge < -0.3 is 4.74 Å². The molecule has 1 unspecified atom stereocenters. The molecular formula is C13H16O2. The standard InChI is InChI=1S/C13H16O2/c1-3-8-12(15-13(14)4-2)11-9-6-5-7-10-11/h4-7,9-10,12H,2-3,8H2,1H3. The Balaban J connectivity index is 2.74. The number of rotatable bonds is 5. The Hall–Kier alpha value is -1.57. The highest BCUT2D eigenvalue weighted by atomic mass is 16.5. The van der Waals surface area contributed by atoms with Gasteiger partial charge in [-0.3, -0.25) is 0 Å². The largest absolute Gasteiger partial charge is 0.454 e. The van der Waals surface area contributed by atoms with Crippen LogP contribution in [0.4, 0.5) is 0 Å². The van der Waals surface area contributed by atoms with E-state index in [1.807, 2.05) is 30.3 Å². The molecule has 0 saturated carbocycles. The van der Waals surface area contributed by atoms with Gasteiger partial charge in [-0.05, 0) is 12.0 Å². The Labute approximate surface area is 90.6 Å². The van der Waals surface area contributed by atoms with Crippen molar-refractivity contribution in [2.24, 2.45) is 0 Å². The molecule has 2 heteroatoms. The first-order chi connectivity index (χ1) is 7.27. The summed E-state index contributed by atoms with van der Waals surface area (Å²) in [6.07, 6.45) is 2.86. The number of carbonyl (C=O) groups excluding carboxylic acids is 1. The number of benzene rings is 1. The average Bonchev–Trinajstić information content (AvgIpc) is 2.29. The molecule has 0 radical (unpaired) electrons. The fourth-order valence-corrected chi connectivity index (χ4v) is 1.41. The van der Waals surface area contributed by atoms with Gasteiger partial charge >= 0.3 is 5.97 Å². The van der Waals surface area contributed by atoms with E-state index in [0.29, 0.717) is 0 Å². The van der Waals surface area contributed by atoms with Crippen molar-refractivity contribution in [2.45, 2.75) is 25.9 Å². The maximum absolute atomic E-state index is 11.1. The lowest BCUT2D eigenvalue weighted by Gasteiger charge is -2.16. The zero-order valence-electron chi connectivity index (χ0n) is 8.98. The van der Waals surface area contributed by atoms with Gasteiger partial charge in [0.2, 0.25) is 0 Å². The van der Waals surface area contributed by atoms with E-state index < -0.39 is 0 Å². The third-order valence-electron chi connectivity index (χ3n) is 2.15. The second kappa shape index (κ2) is 6.02. The lowest BCUT2D eigenvalue weighted by atomic mass is 10.1. The van der Waals surface area contributed by atoms with Crippen molar-refractivity contribution in [1.29, 1.82) is 0 Å². The molecule has 0 aliphatic carbocycles. The molecule has 0 amide bonds. The first kappa shape index (κ1) is 11.5. The summed E-state index contributed by atoms with van der Waals surface area (Å²) >= 11 is 0. The summed E-state index contributed by atoms with van der Waals surface area (Å²) in [7, 11) is 0. The summed E-state index contributed by atoms with van der Waals surface area (Å²) in [5.74, 6) is -0.364. The fourth-order valence-electron chi connectivity index (χ4n) is 1.41. The minimum Gasteiger partial charge on any atom is -0.454 e. The fraction of sp³-hybridized carbons (Fsp3) is 0.308. The van der Waals surface area contributed by atoms with E-state index in [0.717, 1.165) is 18.4 Å². The Morgan fingerprint density at radius 1 is 1.47 bits per heavy atom. The maximum Gasteiger partial charge on any atom is 0.330 e. The molecule has 15 heavy (non-hydrogen) atoms. The summed E-state index contributed by atoms with van der Waals surface area (Å²) in [6, 6.07) is 9.77. The summed E-state index contributed by atoms with van der Waals surface area (Å²) in [5, 5.41) is 0. The molecule has 0 aliphatic heterocycles. The highest BCUT2D eigenvalue weighted by Crippen LogP contribution is 2.22. The second-order valence-electron chi connectivity index (χ2n) is 3.33. The van der Waals surface area contributed by atoms with Crippen molar-refractivity contribution < 1.29 is 9.53 Å². The van der Waals surface area contributed by atoms with Crippen LogP contribution in [0.15, 0.2) is 43.0 Å². The number of carbonyl (C=O) groups is 1. The van der Waals surface area contributed by atoms with Gasteiger partial charge in [-0.25, -0.2) is 4.79 Å². The van der Waals surface area contributed by atoms with E-state index in [1.165, 1.54) is 6.08 Å². The van der Waals surface area contributed by atoms with E-state index in [1.54, 1.807) is 0 Å². The first-order valence-electron chi connectivity index (χ1n) is 5.16. The number of hydrogen-bond donors (Lipinski definition) is 0. The third kappa shape index (κ3) is 3.58. The smallest absolute Gasteiger partial charge is 0.330 e. The van der Waals surface area contributed by atoms with Crippen molar-refractivity contribution in [1.82, 2.24) is 0 Å². The molecule has 0 fully saturated rings. The Bertz CT molecular complexity index is 317. The summed E-state index contributed by atoms with van der Waals surface area (Å²) < 4.78 is 5.27. The molecule has 0 heterocycles. The topological polar surface area (TPSA) is 26.3 Å². The molecule has 0 saturated heterocycles. The molecule has 0 N–H and O–H groups in total. The van der Waals surface area contributed by atoms with Crippen LogP contribution in [0.3, 0.4) is 0 Å². The van der Waals surface area contributed by atoms with E-state index in [-0.39, 0.29) is 12.1 Å². The lowest BCUT2D eigenvalue weighted by Crippen LogP contribution is -2.08. The molecule has 1 aromatic rings. The minimum absolute atomic E-state index is 0.151. The number of hydrogen-bond acceptors (Lipinski definition) is 2. The van der Waals surface area contributed by atoms with E-state index >= 15 is 0 Å². The van der Waals surface area contributed by atoms with Crippen LogP contribution in [0.5, 0.6) is 0 Å². The molecule has 2 nitrogen and oxygen atoms in total. The number of esters is 1. The first-order valence-corrected chi connectivity index (χ1v) is 5.16. The van der Waals surface area contributed by atoms with Gasteiger partial charge in [-0.1, -0.05) is 50.3 Å². The summed E-state index contributed by atoms with van der Waals surface area (Å²) in [4.78, 5) is 11.1. The Morgan fingerprint density at radius 2 is 2.13 bits per heavy atom. The van der Waals surface area contributed by atoms with Crippen LogP contribution < -0.4 is 0 Å². The van der Waals surface area contributed by atoms with Crippen LogP contribution in [-0.4, -0.2) is 5.97 Å². The van der Waals surface area contributed by atoms with Crippen LogP contribution in [0.1, 0.15) is 31.4 Å². The molecule has 1 rings (SSSR count). The minimum atomic E-state index is -0.364. The molecule has 80 valence electrons. The van der Waals surface area contributed by atoms with Crippen molar-refractivity contribution >= 4 is 5.97 Å². The van der Waals surface area contributed by atoms with Crippen LogP contribution in [0.25, 0.3) is 0 Å². The predicted octanol–water partition coefficient (Wildman–Crippen LogP) is 3.26. The predicted molar refractivity (Wildman–Crippen MR) is 60.4 cm³/mol. The van der Waals surface area contributed by atoms with Crippen LogP contribution in [-0.2, 0) is 9.53 Å². The summed E-state index contributed by atoms with van der Waals surface area (Å²) in [5.41, 5.74) is 1.04. The van der Waals surface area contributed by atoms with E-state index in [9.17, 15) is 4.79 Å². The van der Waals surface area contributed by atoms with Gasteiger partial charge in [0.15, 0.2) is 0 Å². The quantitative estimate of drug-likeness (QED) is 0.543. The van der Waals surface area contributed by atoms with Gasteiger partial charge in [0.1, 0.15) is 6.10 Å². The van der Waals surface area contributed by atoms with Crippen LogP contribution >= 0.6 is 0 Å². The Kier molecular flexibility index (Phi) is 4.61. The van der Waals surface area contributed by atoms with Gasteiger partial charge in [0, 0.05) is 6.08 Å². The van der Waals surface area contributed by atoms with Gasteiger partial charge in [-0.2, -0.15) is 0 Å². The monoisotopic (exact) mass is 204 g/mol. The average molecular weight is 204 g/mol. The maximum atomic E-state index is 11.1. The molecule has 0 bridgehead atoms. The van der Waals surface area contributed by atoms with Gasteiger partial charge in [0.05, 0.1) is 0 Å². The highest BCUT2D eigenvalue weighted by molar-refractivity contribution is 5.81. The van der Waals surface area contributed by atoms with Crippen molar-refractivity contribution in [3.05, 3.63) is 48.6 Å². The van der Waals surface area contributed by atoms with E-state index in [2.05, 4.69) is 13.5 Å². The van der Waals surface area contributed by atoms with E-state index in [4.69, 9.17) is 4.74 Å². The highest BCUT2D eigenvalue weighted by Gasteiger charge is 2.13. The van der Waals surface area contributed by atoms with Gasteiger partial charge in [0.25, 0.3) is 0 Å². The van der Waals surface area contributed by atoms with Crippen LogP contribution in [0.2, 0.25) is 0 Å². The molecular weight excluding hydrogens is 188 g/mol. The molecule has 0 aliphatic rings. The molecule has 1 atom stereocenters. The second-order valence-corrected chi connectivity index (χ2v) is 3.33. The van der Waals surface area contributed by atoms with Crippen molar-refractivity contribution in [2.75, 3.05) is 0 Å².